The second-order valence-corrected chi connectivity index (χ2v) is 6.57. The summed E-state index contributed by atoms with van der Waals surface area (Å²) in [5, 5.41) is 9.36. The van der Waals surface area contributed by atoms with Gasteiger partial charge in [0, 0.05) is 35.6 Å². The molecule has 132 valence electrons. The zero-order chi connectivity index (χ0) is 18.1. The molecule has 8 nitrogen and oxygen atoms in total. The average Bonchev–Trinajstić information content (AvgIpc) is 3.35. The van der Waals surface area contributed by atoms with Gasteiger partial charge in [-0.25, -0.2) is 9.78 Å². The van der Waals surface area contributed by atoms with Crippen molar-refractivity contribution in [1.82, 2.24) is 14.8 Å². The van der Waals surface area contributed by atoms with Crippen LogP contribution < -0.4 is 10.2 Å². The fraction of sp³-hybridized carbons (Fsp3) is 0.176. The molecule has 0 saturated carbocycles. The number of hydrogen-bond donors (Lipinski definition) is 1. The standard InChI is InChI=1S/C17H15N5O3S/c1-21-9-11(8-18-21)16-20-14(10-26-16)15(23)19-12-3-2-4-13(7-12)22-5-6-25-17(22)24/h2-4,7-10H,5-6H2,1H3,(H,19,23). The molecule has 0 spiro atoms. The van der Waals surface area contributed by atoms with E-state index in [-0.39, 0.29) is 12.0 Å². The van der Waals surface area contributed by atoms with Crippen LogP contribution in [-0.4, -0.2) is 39.9 Å². The normalized spacial score (nSPS) is 13.7. The van der Waals surface area contributed by atoms with E-state index in [0.717, 1.165) is 10.6 Å². The van der Waals surface area contributed by atoms with Gasteiger partial charge in [0.25, 0.3) is 5.91 Å². The van der Waals surface area contributed by atoms with E-state index in [4.69, 9.17) is 4.74 Å². The number of benzene rings is 1. The minimum absolute atomic E-state index is 0.308. The van der Waals surface area contributed by atoms with Gasteiger partial charge in [0.1, 0.15) is 17.3 Å². The van der Waals surface area contributed by atoms with Gasteiger partial charge in [-0.15, -0.1) is 11.3 Å². The Hall–Kier alpha value is -3.20. The minimum atomic E-state index is -0.380. The van der Waals surface area contributed by atoms with Crippen LogP contribution >= 0.6 is 11.3 Å². The van der Waals surface area contributed by atoms with Crippen LogP contribution in [0.2, 0.25) is 0 Å². The first-order valence-corrected chi connectivity index (χ1v) is 8.78. The summed E-state index contributed by atoms with van der Waals surface area (Å²) in [6.07, 6.45) is 3.17. The zero-order valence-electron chi connectivity index (χ0n) is 13.9. The highest BCUT2D eigenvalue weighted by Crippen LogP contribution is 2.25. The minimum Gasteiger partial charge on any atom is -0.447 e. The van der Waals surface area contributed by atoms with Crippen LogP contribution in [0.15, 0.2) is 42.0 Å². The predicted octanol–water partition coefficient (Wildman–Crippen LogP) is 2.75. The molecule has 0 aliphatic carbocycles. The topological polar surface area (TPSA) is 89.4 Å². The maximum atomic E-state index is 12.5. The molecular formula is C17H15N5O3S. The van der Waals surface area contributed by atoms with E-state index in [9.17, 15) is 9.59 Å². The summed E-state index contributed by atoms with van der Waals surface area (Å²) in [5.41, 5.74) is 2.47. The molecule has 2 amide bonds. The highest BCUT2D eigenvalue weighted by Gasteiger charge is 2.23. The Bertz CT molecular complexity index is 980. The number of cyclic esters (lactones) is 1. The summed E-state index contributed by atoms with van der Waals surface area (Å²) in [7, 11) is 1.83. The lowest BCUT2D eigenvalue weighted by atomic mass is 10.2. The third kappa shape index (κ3) is 3.16. The number of carbonyl (C=O) groups excluding carboxylic acids is 2. The Morgan fingerprint density at radius 1 is 1.38 bits per heavy atom. The van der Waals surface area contributed by atoms with Crippen LogP contribution in [0.1, 0.15) is 10.5 Å². The summed E-state index contributed by atoms with van der Waals surface area (Å²) < 4.78 is 6.63. The molecule has 1 fully saturated rings. The molecule has 0 bridgehead atoms. The van der Waals surface area contributed by atoms with Crippen LogP contribution in [0.4, 0.5) is 16.2 Å². The molecule has 1 N–H and O–H groups in total. The lowest BCUT2D eigenvalue weighted by Crippen LogP contribution is -2.23. The van der Waals surface area contributed by atoms with Crippen LogP contribution in [0.5, 0.6) is 0 Å². The van der Waals surface area contributed by atoms with Crippen molar-refractivity contribution in [2.24, 2.45) is 7.05 Å². The molecule has 26 heavy (non-hydrogen) atoms. The molecule has 1 saturated heterocycles. The summed E-state index contributed by atoms with van der Waals surface area (Å²) in [6, 6.07) is 7.07. The number of nitrogens with one attached hydrogen (secondary N) is 1. The number of aromatic nitrogens is 3. The van der Waals surface area contributed by atoms with Gasteiger partial charge in [-0.1, -0.05) is 6.07 Å². The quantitative estimate of drug-likeness (QED) is 0.764. The molecular weight excluding hydrogens is 354 g/mol. The number of nitrogens with zero attached hydrogens (tertiary/aromatic N) is 4. The van der Waals surface area contributed by atoms with Gasteiger partial charge >= 0.3 is 6.09 Å². The number of ether oxygens (including phenoxy) is 1. The van der Waals surface area contributed by atoms with E-state index in [1.165, 1.54) is 16.2 Å². The first-order chi connectivity index (χ1) is 12.6. The van der Waals surface area contributed by atoms with Crippen molar-refractivity contribution < 1.29 is 14.3 Å². The number of amides is 2. The van der Waals surface area contributed by atoms with Gasteiger partial charge in [0.05, 0.1) is 12.7 Å². The van der Waals surface area contributed by atoms with Gasteiger partial charge in [-0.3, -0.25) is 14.4 Å². The maximum absolute atomic E-state index is 12.5. The van der Waals surface area contributed by atoms with E-state index in [1.807, 2.05) is 13.2 Å². The highest BCUT2D eigenvalue weighted by atomic mass is 32.1. The van der Waals surface area contributed by atoms with E-state index in [0.29, 0.717) is 30.2 Å². The predicted molar refractivity (Wildman–Crippen MR) is 97.4 cm³/mol. The van der Waals surface area contributed by atoms with Gasteiger partial charge in [-0.2, -0.15) is 5.10 Å². The Morgan fingerprint density at radius 2 is 2.27 bits per heavy atom. The van der Waals surface area contributed by atoms with Crippen LogP contribution in [0.3, 0.4) is 0 Å². The number of carbonyl (C=O) groups is 2. The third-order valence-corrected chi connectivity index (χ3v) is 4.76. The fourth-order valence-electron chi connectivity index (χ4n) is 2.62. The molecule has 9 heteroatoms. The Balaban J connectivity index is 1.50. The molecule has 4 rings (SSSR count). The van der Waals surface area contributed by atoms with Crippen molar-refractivity contribution in [2.75, 3.05) is 23.4 Å². The van der Waals surface area contributed by atoms with E-state index >= 15 is 0 Å². The maximum Gasteiger partial charge on any atom is 0.414 e. The molecule has 0 atom stereocenters. The Kier molecular flexibility index (Phi) is 4.13. The second-order valence-electron chi connectivity index (χ2n) is 5.71. The van der Waals surface area contributed by atoms with Crippen molar-refractivity contribution in [1.29, 1.82) is 0 Å². The summed E-state index contributed by atoms with van der Waals surface area (Å²) >= 11 is 1.38. The lowest BCUT2D eigenvalue weighted by molar-refractivity contribution is 0.102. The fourth-order valence-corrected chi connectivity index (χ4v) is 3.39. The summed E-state index contributed by atoms with van der Waals surface area (Å²) in [5.74, 6) is -0.308. The smallest absolute Gasteiger partial charge is 0.414 e. The van der Waals surface area contributed by atoms with Crippen LogP contribution in [0.25, 0.3) is 10.6 Å². The monoisotopic (exact) mass is 369 g/mol. The molecule has 1 aliphatic rings. The van der Waals surface area contributed by atoms with Gasteiger partial charge in [-0.05, 0) is 18.2 Å². The van der Waals surface area contributed by atoms with Crippen molar-refractivity contribution in [2.45, 2.75) is 0 Å². The van der Waals surface area contributed by atoms with Crippen molar-refractivity contribution in [3.8, 4) is 10.6 Å². The van der Waals surface area contributed by atoms with Gasteiger partial charge in [0.2, 0.25) is 0 Å². The van der Waals surface area contributed by atoms with E-state index < -0.39 is 0 Å². The van der Waals surface area contributed by atoms with Crippen LogP contribution in [-0.2, 0) is 11.8 Å². The molecule has 3 aromatic rings. The summed E-state index contributed by atoms with van der Waals surface area (Å²) in [4.78, 5) is 30.0. The van der Waals surface area contributed by atoms with E-state index in [2.05, 4.69) is 15.4 Å². The lowest BCUT2D eigenvalue weighted by Gasteiger charge is -2.14. The second kappa shape index (κ2) is 6.60. The molecule has 0 unspecified atom stereocenters. The Morgan fingerprint density at radius 3 is 3.00 bits per heavy atom. The number of anilines is 2. The van der Waals surface area contributed by atoms with Gasteiger partial charge < -0.3 is 10.1 Å². The molecule has 2 aromatic heterocycles. The average molecular weight is 369 g/mol. The number of thiazole rings is 1. The summed E-state index contributed by atoms with van der Waals surface area (Å²) in [6.45, 7) is 0.863. The zero-order valence-corrected chi connectivity index (χ0v) is 14.7. The molecule has 3 heterocycles. The number of hydrogen-bond acceptors (Lipinski definition) is 6. The van der Waals surface area contributed by atoms with Crippen molar-refractivity contribution in [3.63, 3.8) is 0 Å². The SMILES string of the molecule is Cn1cc(-c2nc(C(=O)Nc3cccc(N4CCOC4=O)c3)cs2)cn1. The largest absolute Gasteiger partial charge is 0.447 e. The highest BCUT2D eigenvalue weighted by molar-refractivity contribution is 7.13. The van der Waals surface area contributed by atoms with Crippen molar-refractivity contribution in [3.05, 3.63) is 47.7 Å². The van der Waals surface area contributed by atoms with E-state index in [1.54, 1.807) is 40.5 Å². The first-order valence-electron chi connectivity index (χ1n) is 7.90. The Labute approximate surface area is 153 Å². The van der Waals surface area contributed by atoms with Gasteiger partial charge in [0.15, 0.2) is 0 Å². The molecule has 1 aromatic carbocycles. The molecule has 0 radical (unpaired) electrons. The third-order valence-electron chi connectivity index (χ3n) is 3.87. The number of rotatable bonds is 4. The number of aryl methyl sites for hydroxylation is 1. The molecule has 1 aliphatic heterocycles. The van der Waals surface area contributed by atoms with Crippen LogP contribution in [0, 0.1) is 0 Å². The first kappa shape index (κ1) is 16.3. The van der Waals surface area contributed by atoms with Crippen molar-refractivity contribution >= 4 is 34.7 Å².